The molecule has 0 N–H and O–H groups in total. The van der Waals surface area contributed by atoms with Gasteiger partial charge in [-0.25, -0.2) is 22.0 Å². The summed E-state index contributed by atoms with van der Waals surface area (Å²) >= 11 is 0. The quantitative estimate of drug-likeness (QED) is 0.486. The van der Waals surface area contributed by atoms with Gasteiger partial charge in [-0.15, -0.1) is 0 Å². The van der Waals surface area contributed by atoms with Crippen molar-refractivity contribution in [3.8, 4) is 11.5 Å². The zero-order valence-corrected chi connectivity index (χ0v) is 11.6. The van der Waals surface area contributed by atoms with Crippen molar-refractivity contribution in [1.82, 2.24) is 0 Å². The summed E-state index contributed by atoms with van der Waals surface area (Å²) < 4.78 is 78.0. The van der Waals surface area contributed by atoms with E-state index in [2.05, 4.69) is 4.74 Å². The predicted octanol–water partition coefficient (Wildman–Crippen LogP) is 1.79. The molecular formula is C14H10BF5O2. The molecule has 0 aromatic heterocycles. The number of benzene rings is 2. The Morgan fingerprint density at radius 3 is 2.05 bits per heavy atom. The first-order chi connectivity index (χ1) is 10.4. The van der Waals surface area contributed by atoms with Gasteiger partial charge >= 0.3 is 0 Å². The van der Waals surface area contributed by atoms with Crippen LogP contribution >= 0.6 is 0 Å². The largest absolute Gasteiger partial charge is 0.494 e. The third-order valence-corrected chi connectivity index (χ3v) is 3.15. The highest BCUT2D eigenvalue weighted by Gasteiger charge is 2.24. The van der Waals surface area contributed by atoms with Crippen molar-refractivity contribution in [3.63, 3.8) is 0 Å². The van der Waals surface area contributed by atoms with E-state index in [9.17, 15) is 22.0 Å². The minimum atomic E-state index is -1.47. The number of ether oxygens (including phenoxy) is 2. The lowest BCUT2D eigenvalue weighted by molar-refractivity contribution is 0.381. The molecular weight excluding hydrogens is 306 g/mol. The molecule has 0 spiro atoms. The molecule has 0 saturated carbocycles. The van der Waals surface area contributed by atoms with Gasteiger partial charge in [0.1, 0.15) is 5.82 Å². The molecule has 0 aliphatic heterocycles. The highest BCUT2D eigenvalue weighted by atomic mass is 19.2. The molecule has 0 amide bonds. The molecule has 0 atom stereocenters. The van der Waals surface area contributed by atoms with E-state index in [0.717, 1.165) is 19.2 Å². The Hall–Kier alpha value is -2.25. The van der Waals surface area contributed by atoms with E-state index in [1.54, 1.807) is 0 Å². The Balaban J connectivity index is 2.61. The third kappa shape index (κ3) is 2.73. The molecule has 2 nitrogen and oxygen atoms in total. The summed E-state index contributed by atoms with van der Waals surface area (Å²) in [5, 5.41) is 0. The highest BCUT2D eigenvalue weighted by Crippen LogP contribution is 2.19. The Morgan fingerprint density at radius 1 is 0.773 bits per heavy atom. The zero-order valence-electron chi connectivity index (χ0n) is 11.6. The van der Waals surface area contributed by atoms with E-state index < -0.39 is 53.0 Å². The van der Waals surface area contributed by atoms with Crippen molar-refractivity contribution < 1.29 is 31.4 Å². The van der Waals surface area contributed by atoms with E-state index in [1.165, 1.54) is 7.11 Å². The van der Waals surface area contributed by atoms with Crippen molar-refractivity contribution in [1.29, 1.82) is 0 Å². The molecule has 2 aromatic carbocycles. The van der Waals surface area contributed by atoms with E-state index in [1.807, 2.05) is 0 Å². The van der Waals surface area contributed by atoms with Gasteiger partial charge in [0.2, 0.25) is 7.28 Å². The second kappa shape index (κ2) is 6.25. The van der Waals surface area contributed by atoms with Gasteiger partial charge < -0.3 is 9.47 Å². The van der Waals surface area contributed by atoms with Gasteiger partial charge in [-0.3, -0.25) is 0 Å². The van der Waals surface area contributed by atoms with Crippen molar-refractivity contribution >= 4 is 18.2 Å². The Kier molecular flexibility index (Phi) is 4.58. The number of rotatable bonds is 4. The minimum absolute atomic E-state index is 0.271. The van der Waals surface area contributed by atoms with Crippen LogP contribution in [-0.4, -0.2) is 21.5 Å². The zero-order chi connectivity index (χ0) is 16.4. The van der Waals surface area contributed by atoms with Crippen molar-refractivity contribution in [2.75, 3.05) is 14.2 Å². The summed E-state index contributed by atoms with van der Waals surface area (Å²) in [6.07, 6.45) is 0. The van der Waals surface area contributed by atoms with Gasteiger partial charge in [-0.05, 0) is 17.6 Å². The molecule has 0 aliphatic rings. The summed E-state index contributed by atoms with van der Waals surface area (Å²) in [5.41, 5.74) is -1.20. The number of hydrogen-bond acceptors (Lipinski definition) is 2. The topological polar surface area (TPSA) is 18.5 Å². The smallest absolute Gasteiger partial charge is 0.209 e. The Bertz CT molecular complexity index is 721. The summed E-state index contributed by atoms with van der Waals surface area (Å²) in [5.74, 6) is -7.02. The average Bonchev–Trinajstić information content (AvgIpc) is 2.48. The lowest BCUT2D eigenvalue weighted by Crippen LogP contribution is -2.36. The van der Waals surface area contributed by atoms with Crippen LogP contribution in [0.3, 0.4) is 0 Å². The summed E-state index contributed by atoms with van der Waals surface area (Å²) in [7, 11) is 1.47. The SMILES string of the molecule is COc1ccc(F)c(Bc2c(F)c(F)cc(F)c2OC)c1F. The average molecular weight is 316 g/mol. The predicted molar refractivity (Wildman–Crippen MR) is 72.2 cm³/mol. The molecule has 0 radical (unpaired) electrons. The van der Waals surface area contributed by atoms with Gasteiger partial charge in [0.25, 0.3) is 0 Å². The minimum Gasteiger partial charge on any atom is -0.494 e. The molecule has 8 heteroatoms. The second-order valence-electron chi connectivity index (χ2n) is 4.38. The Labute approximate surface area is 123 Å². The number of halogens is 5. The van der Waals surface area contributed by atoms with Crippen LogP contribution in [0.4, 0.5) is 22.0 Å². The van der Waals surface area contributed by atoms with Crippen LogP contribution in [0.5, 0.6) is 11.5 Å². The van der Waals surface area contributed by atoms with Crippen LogP contribution in [0.15, 0.2) is 18.2 Å². The van der Waals surface area contributed by atoms with Crippen LogP contribution in [0.2, 0.25) is 0 Å². The van der Waals surface area contributed by atoms with Crippen LogP contribution in [-0.2, 0) is 0 Å². The molecule has 22 heavy (non-hydrogen) atoms. The van der Waals surface area contributed by atoms with Crippen LogP contribution < -0.4 is 20.4 Å². The fourth-order valence-corrected chi connectivity index (χ4v) is 2.08. The lowest BCUT2D eigenvalue weighted by Gasteiger charge is -2.13. The van der Waals surface area contributed by atoms with Crippen molar-refractivity contribution in [3.05, 3.63) is 47.3 Å². The fourth-order valence-electron chi connectivity index (χ4n) is 2.08. The van der Waals surface area contributed by atoms with Gasteiger partial charge in [-0.2, -0.15) is 0 Å². The Morgan fingerprint density at radius 2 is 1.45 bits per heavy atom. The molecule has 0 saturated heterocycles. The molecule has 0 unspecified atom stereocenters. The van der Waals surface area contributed by atoms with Crippen LogP contribution in [0.25, 0.3) is 0 Å². The molecule has 0 heterocycles. The fraction of sp³-hybridized carbons (Fsp3) is 0.143. The molecule has 116 valence electrons. The van der Waals surface area contributed by atoms with Crippen molar-refractivity contribution in [2.24, 2.45) is 0 Å². The van der Waals surface area contributed by atoms with Gasteiger partial charge in [-0.1, -0.05) is 0 Å². The second-order valence-corrected chi connectivity index (χ2v) is 4.38. The van der Waals surface area contributed by atoms with E-state index in [4.69, 9.17) is 4.74 Å². The maximum Gasteiger partial charge on any atom is 0.209 e. The summed E-state index contributed by atoms with van der Waals surface area (Å²) in [6.45, 7) is 0. The van der Waals surface area contributed by atoms with E-state index >= 15 is 0 Å². The molecule has 0 fully saturated rings. The van der Waals surface area contributed by atoms with Crippen LogP contribution in [0, 0.1) is 29.1 Å². The van der Waals surface area contributed by atoms with Crippen molar-refractivity contribution in [2.45, 2.75) is 0 Å². The number of methoxy groups -OCH3 is 2. The van der Waals surface area contributed by atoms with E-state index in [-0.39, 0.29) is 5.75 Å². The molecule has 2 aromatic rings. The molecule has 0 aliphatic carbocycles. The molecule has 2 rings (SSSR count). The highest BCUT2D eigenvalue weighted by molar-refractivity contribution is 6.68. The van der Waals surface area contributed by atoms with Gasteiger partial charge in [0.05, 0.1) is 14.2 Å². The summed E-state index contributed by atoms with van der Waals surface area (Å²) in [4.78, 5) is 0. The maximum atomic E-state index is 14.1. The lowest BCUT2D eigenvalue weighted by atomic mass is 9.62. The normalized spacial score (nSPS) is 10.5. The van der Waals surface area contributed by atoms with Gasteiger partial charge in [0.15, 0.2) is 34.8 Å². The third-order valence-electron chi connectivity index (χ3n) is 3.15. The standard InChI is InChI=1S/C14H10BF5O2/c1-21-9-4-3-6(16)10(13(9)20)15-11-12(19)7(17)5-8(18)14(11)22-2/h3-5,15H,1-2H3. The summed E-state index contributed by atoms with van der Waals surface area (Å²) in [6, 6.07) is 2.27. The molecule has 0 bridgehead atoms. The first-order valence-corrected chi connectivity index (χ1v) is 6.11. The first-order valence-electron chi connectivity index (χ1n) is 6.11. The maximum absolute atomic E-state index is 14.1. The number of hydrogen-bond donors (Lipinski definition) is 0. The van der Waals surface area contributed by atoms with E-state index in [0.29, 0.717) is 6.07 Å². The van der Waals surface area contributed by atoms with Gasteiger partial charge in [0, 0.05) is 11.5 Å². The first kappa shape index (κ1) is 16.1. The monoisotopic (exact) mass is 316 g/mol. The van der Waals surface area contributed by atoms with Crippen LogP contribution in [0.1, 0.15) is 0 Å².